The number of amides is 1. The molecule has 1 unspecified atom stereocenters. The molecule has 20 heavy (non-hydrogen) atoms. The Morgan fingerprint density at radius 3 is 2.45 bits per heavy atom. The number of ether oxygens (including phenoxy) is 1. The molecule has 5 heteroatoms. The third-order valence-corrected chi connectivity index (χ3v) is 3.63. The van der Waals surface area contributed by atoms with Gasteiger partial charge in [-0.05, 0) is 44.4 Å². The number of aliphatic carboxylic acids is 1. The molecule has 1 aromatic carbocycles. The summed E-state index contributed by atoms with van der Waals surface area (Å²) in [6.07, 6.45) is 1.28. The molecule has 5 nitrogen and oxygen atoms in total. The summed E-state index contributed by atoms with van der Waals surface area (Å²) in [6.45, 7) is 3.93. The summed E-state index contributed by atoms with van der Waals surface area (Å²) in [6, 6.07) is 6.87. The van der Waals surface area contributed by atoms with E-state index in [2.05, 4.69) is 5.32 Å². The lowest BCUT2D eigenvalue weighted by Gasteiger charge is -2.20. The summed E-state index contributed by atoms with van der Waals surface area (Å²) >= 11 is 0. The van der Waals surface area contributed by atoms with Gasteiger partial charge in [0.05, 0.1) is 5.41 Å². The summed E-state index contributed by atoms with van der Waals surface area (Å²) in [5, 5.41) is 11.9. The number of carboxylic acids is 1. The second kappa shape index (κ2) is 5.63. The molecule has 0 saturated carbocycles. The van der Waals surface area contributed by atoms with Gasteiger partial charge in [0, 0.05) is 12.3 Å². The van der Waals surface area contributed by atoms with Crippen LogP contribution in [0, 0.1) is 0 Å². The average molecular weight is 277 g/mol. The molecular formula is C15H19NO4. The van der Waals surface area contributed by atoms with Gasteiger partial charge in [-0.3, -0.25) is 9.59 Å². The summed E-state index contributed by atoms with van der Waals surface area (Å²) in [7, 11) is 0. The Morgan fingerprint density at radius 2 is 1.95 bits per heavy atom. The van der Waals surface area contributed by atoms with Gasteiger partial charge in [0.2, 0.25) is 0 Å². The highest BCUT2D eigenvalue weighted by atomic mass is 16.5. The van der Waals surface area contributed by atoms with E-state index in [1.54, 1.807) is 38.1 Å². The second-order valence-corrected chi connectivity index (χ2v) is 5.50. The lowest BCUT2D eigenvalue weighted by Crippen LogP contribution is -2.29. The number of carboxylic acid groups (broad SMARTS) is 1. The Morgan fingerprint density at radius 1 is 1.30 bits per heavy atom. The number of rotatable bonds is 4. The molecule has 0 spiro atoms. The molecule has 1 aliphatic rings. The van der Waals surface area contributed by atoms with Crippen molar-refractivity contribution in [3.05, 3.63) is 29.8 Å². The van der Waals surface area contributed by atoms with Gasteiger partial charge in [-0.25, -0.2) is 0 Å². The van der Waals surface area contributed by atoms with Crippen LogP contribution in [0.5, 0.6) is 0 Å². The molecule has 1 amide bonds. The normalized spacial score (nSPS) is 18.8. The van der Waals surface area contributed by atoms with Gasteiger partial charge in [0.25, 0.3) is 5.91 Å². The van der Waals surface area contributed by atoms with Crippen molar-refractivity contribution in [2.75, 3.05) is 11.9 Å². The van der Waals surface area contributed by atoms with Crippen LogP contribution in [0.3, 0.4) is 0 Å². The van der Waals surface area contributed by atoms with Gasteiger partial charge in [-0.1, -0.05) is 12.1 Å². The first-order valence-corrected chi connectivity index (χ1v) is 6.67. The van der Waals surface area contributed by atoms with Crippen LogP contribution in [-0.2, 0) is 19.7 Å². The minimum absolute atomic E-state index is 0.146. The van der Waals surface area contributed by atoms with Crippen molar-refractivity contribution < 1.29 is 19.4 Å². The average Bonchev–Trinajstić information content (AvgIpc) is 2.93. The maximum Gasteiger partial charge on any atom is 0.313 e. The standard InChI is InChI=1S/C15H19NO4/c1-15(2,14(18)19)10-5-7-11(8-6-10)16-13(17)12-4-3-9-20-12/h5-8,12H,3-4,9H2,1-2H3,(H,16,17)(H,18,19). The lowest BCUT2D eigenvalue weighted by molar-refractivity contribution is -0.142. The minimum atomic E-state index is -0.947. The zero-order valence-electron chi connectivity index (χ0n) is 11.7. The summed E-state index contributed by atoms with van der Waals surface area (Å²) in [5.74, 6) is -1.03. The summed E-state index contributed by atoms with van der Waals surface area (Å²) in [5.41, 5.74) is 0.396. The van der Waals surface area contributed by atoms with Crippen LogP contribution in [0.1, 0.15) is 32.3 Å². The molecule has 1 heterocycles. The van der Waals surface area contributed by atoms with Crippen LogP contribution in [0.2, 0.25) is 0 Å². The Balaban J connectivity index is 2.05. The van der Waals surface area contributed by atoms with Crippen molar-refractivity contribution in [3.63, 3.8) is 0 Å². The summed E-state index contributed by atoms with van der Waals surface area (Å²) in [4.78, 5) is 23.0. The zero-order chi connectivity index (χ0) is 14.8. The van der Waals surface area contributed by atoms with Crippen LogP contribution >= 0.6 is 0 Å². The van der Waals surface area contributed by atoms with Crippen LogP contribution in [-0.4, -0.2) is 29.7 Å². The van der Waals surface area contributed by atoms with Crippen molar-refractivity contribution in [1.29, 1.82) is 0 Å². The topological polar surface area (TPSA) is 75.6 Å². The van der Waals surface area contributed by atoms with E-state index in [0.717, 1.165) is 12.8 Å². The van der Waals surface area contributed by atoms with E-state index in [1.165, 1.54) is 0 Å². The minimum Gasteiger partial charge on any atom is -0.481 e. The van der Waals surface area contributed by atoms with Gasteiger partial charge in [0.1, 0.15) is 6.10 Å². The molecule has 0 radical (unpaired) electrons. The zero-order valence-corrected chi connectivity index (χ0v) is 11.7. The quantitative estimate of drug-likeness (QED) is 0.884. The molecular weight excluding hydrogens is 258 g/mol. The van der Waals surface area contributed by atoms with E-state index >= 15 is 0 Å². The lowest BCUT2D eigenvalue weighted by atomic mass is 9.85. The molecule has 1 aliphatic heterocycles. The molecule has 2 rings (SSSR count). The van der Waals surface area contributed by atoms with Crippen molar-refractivity contribution in [2.24, 2.45) is 0 Å². The van der Waals surface area contributed by atoms with Crippen LogP contribution < -0.4 is 5.32 Å². The number of benzene rings is 1. The number of nitrogens with one attached hydrogen (secondary N) is 1. The Kier molecular flexibility index (Phi) is 4.09. The second-order valence-electron chi connectivity index (χ2n) is 5.50. The van der Waals surface area contributed by atoms with Crippen molar-refractivity contribution >= 4 is 17.6 Å². The molecule has 0 bridgehead atoms. The first kappa shape index (κ1) is 14.5. The maximum atomic E-state index is 11.9. The first-order valence-electron chi connectivity index (χ1n) is 6.67. The van der Waals surface area contributed by atoms with Crippen LogP contribution in [0.15, 0.2) is 24.3 Å². The fourth-order valence-corrected chi connectivity index (χ4v) is 2.10. The van der Waals surface area contributed by atoms with E-state index in [0.29, 0.717) is 17.9 Å². The van der Waals surface area contributed by atoms with E-state index in [4.69, 9.17) is 9.84 Å². The Bertz CT molecular complexity index is 501. The predicted molar refractivity (Wildman–Crippen MR) is 74.7 cm³/mol. The third-order valence-electron chi connectivity index (χ3n) is 3.63. The highest BCUT2D eigenvalue weighted by molar-refractivity contribution is 5.94. The molecule has 1 aromatic rings. The number of hydrogen-bond acceptors (Lipinski definition) is 3. The smallest absolute Gasteiger partial charge is 0.313 e. The maximum absolute atomic E-state index is 11.9. The predicted octanol–water partition coefficient (Wildman–Crippen LogP) is 2.17. The first-order chi connectivity index (χ1) is 9.41. The molecule has 1 saturated heterocycles. The van der Waals surface area contributed by atoms with Crippen molar-refractivity contribution in [3.8, 4) is 0 Å². The fourth-order valence-electron chi connectivity index (χ4n) is 2.10. The van der Waals surface area contributed by atoms with E-state index in [-0.39, 0.29) is 12.0 Å². The van der Waals surface area contributed by atoms with Gasteiger partial charge in [-0.15, -0.1) is 0 Å². The molecule has 1 fully saturated rings. The van der Waals surface area contributed by atoms with E-state index in [1.807, 2.05) is 0 Å². The summed E-state index contributed by atoms with van der Waals surface area (Å²) < 4.78 is 5.31. The largest absolute Gasteiger partial charge is 0.481 e. The SMILES string of the molecule is CC(C)(C(=O)O)c1ccc(NC(=O)C2CCCO2)cc1. The molecule has 1 atom stereocenters. The third kappa shape index (κ3) is 2.99. The number of anilines is 1. The van der Waals surface area contributed by atoms with Gasteiger partial charge >= 0.3 is 5.97 Å². The van der Waals surface area contributed by atoms with Crippen molar-refractivity contribution in [1.82, 2.24) is 0 Å². The number of carbonyl (C=O) groups is 2. The van der Waals surface area contributed by atoms with E-state index < -0.39 is 11.4 Å². The van der Waals surface area contributed by atoms with Gasteiger partial charge in [-0.2, -0.15) is 0 Å². The van der Waals surface area contributed by atoms with Crippen LogP contribution in [0.4, 0.5) is 5.69 Å². The van der Waals surface area contributed by atoms with Gasteiger partial charge in [0.15, 0.2) is 0 Å². The molecule has 0 aliphatic carbocycles. The van der Waals surface area contributed by atoms with Crippen molar-refractivity contribution in [2.45, 2.75) is 38.2 Å². The Hall–Kier alpha value is -1.88. The molecule has 0 aromatic heterocycles. The molecule has 2 N–H and O–H groups in total. The van der Waals surface area contributed by atoms with Crippen LogP contribution in [0.25, 0.3) is 0 Å². The van der Waals surface area contributed by atoms with E-state index in [9.17, 15) is 9.59 Å². The van der Waals surface area contributed by atoms with Gasteiger partial charge < -0.3 is 15.2 Å². The number of hydrogen-bond donors (Lipinski definition) is 2. The highest BCUT2D eigenvalue weighted by Gasteiger charge is 2.29. The monoisotopic (exact) mass is 277 g/mol. The molecule has 108 valence electrons. The number of carbonyl (C=O) groups excluding carboxylic acids is 1. The highest BCUT2D eigenvalue weighted by Crippen LogP contribution is 2.25. The fraction of sp³-hybridized carbons (Fsp3) is 0.467. The Labute approximate surface area is 117 Å².